The molecule has 1 rings (SSSR count). The minimum atomic E-state index is -5.05. The fraction of sp³-hybridized carbons (Fsp3) is 0.837. The van der Waals surface area contributed by atoms with Crippen LogP contribution < -0.4 is 0 Å². The largest absolute Gasteiger partial charge is 0.457 e. The first-order chi connectivity index (χ1) is 27.1. The summed E-state index contributed by atoms with van der Waals surface area (Å²) in [5.74, 6) is -0.410. The molecular weight excluding hydrogens is 741 g/mol. The van der Waals surface area contributed by atoms with Gasteiger partial charge in [-0.25, -0.2) is 4.18 Å². The van der Waals surface area contributed by atoms with Gasteiger partial charge in [-0.2, -0.15) is 8.42 Å². The van der Waals surface area contributed by atoms with Crippen LogP contribution in [0.5, 0.6) is 0 Å². The number of esters is 1. The van der Waals surface area contributed by atoms with Gasteiger partial charge in [0.1, 0.15) is 30.5 Å². The van der Waals surface area contributed by atoms with Crippen molar-refractivity contribution >= 4 is 16.4 Å². The van der Waals surface area contributed by atoms with Crippen molar-refractivity contribution in [3.63, 3.8) is 0 Å². The fourth-order valence-electron chi connectivity index (χ4n) is 6.44. The van der Waals surface area contributed by atoms with E-state index in [4.69, 9.17) is 23.5 Å². The second-order valence-electron chi connectivity index (χ2n) is 14.9. The Morgan fingerprint density at radius 1 is 0.679 bits per heavy atom. The maximum absolute atomic E-state index is 12.8. The molecule has 0 aromatic heterocycles. The highest BCUT2D eigenvalue weighted by atomic mass is 32.3. The van der Waals surface area contributed by atoms with E-state index >= 15 is 0 Å². The lowest BCUT2D eigenvalue weighted by Gasteiger charge is -2.41. The molecule has 1 fully saturated rings. The molecule has 0 aliphatic carbocycles. The Balaban J connectivity index is 2.32. The maximum atomic E-state index is 12.8. The Hall–Kier alpha value is -1.68. The van der Waals surface area contributed by atoms with Crippen molar-refractivity contribution in [3.8, 4) is 0 Å². The number of allylic oxidation sites excluding steroid dienone is 6. The van der Waals surface area contributed by atoms with E-state index < -0.39 is 59.8 Å². The Bertz CT molecular complexity index is 1130. The zero-order valence-electron chi connectivity index (χ0n) is 34.7. The van der Waals surface area contributed by atoms with E-state index in [1.807, 2.05) is 0 Å². The lowest BCUT2D eigenvalue weighted by molar-refractivity contribution is -0.301. The van der Waals surface area contributed by atoms with Gasteiger partial charge >= 0.3 is 16.4 Å². The zero-order chi connectivity index (χ0) is 41.1. The van der Waals surface area contributed by atoms with Gasteiger partial charge in [0.05, 0.1) is 19.8 Å². The van der Waals surface area contributed by atoms with Gasteiger partial charge in [0.15, 0.2) is 6.29 Å². The van der Waals surface area contributed by atoms with Crippen molar-refractivity contribution in [3.05, 3.63) is 36.5 Å². The van der Waals surface area contributed by atoms with E-state index in [1.54, 1.807) is 0 Å². The molecule has 0 spiro atoms. The number of hydrogen-bond acceptors (Lipinski definition) is 11. The lowest BCUT2D eigenvalue weighted by atomic mass is 9.99. The molecule has 0 saturated carbocycles. The van der Waals surface area contributed by atoms with Crippen LogP contribution in [0.1, 0.15) is 168 Å². The number of unbranched alkanes of at least 4 members (excludes halogenated alkanes) is 18. The maximum Gasteiger partial charge on any atom is 0.397 e. The first-order valence-electron chi connectivity index (χ1n) is 21.7. The van der Waals surface area contributed by atoms with Gasteiger partial charge < -0.3 is 34.3 Å². The van der Waals surface area contributed by atoms with Crippen LogP contribution in [0.2, 0.25) is 0 Å². The number of carbonyl (C=O) groups excluding carboxylic acids is 1. The van der Waals surface area contributed by atoms with Crippen LogP contribution in [0.25, 0.3) is 0 Å². The monoisotopic (exact) mass is 819 g/mol. The van der Waals surface area contributed by atoms with Crippen LogP contribution in [0.15, 0.2) is 36.5 Å². The molecule has 12 nitrogen and oxygen atoms in total. The zero-order valence-corrected chi connectivity index (χ0v) is 35.5. The van der Waals surface area contributed by atoms with E-state index in [0.717, 1.165) is 57.8 Å². The summed E-state index contributed by atoms with van der Waals surface area (Å²) in [5.41, 5.74) is 0. The van der Waals surface area contributed by atoms with Gasteiger partial charge in [-0.15, -0.1) is 0 Å². The van der Waals surface area contributed by atoms with Crippen molar-refractivity contribution in [1.29, 1.82) is 0 Å². The predicted molar refractivity (Wildman–Crippen MR) is 220 cm³/mol. The van der Waals surface area contributed by atoms with Crippen LogP contribution in [-0.2, 0) is 38.3 Å². The molecule has 0 aromatic carbocycles. The summed E-state index contributed by atoms with van der Waals surface area (Å²) in [6.45, 7) is 3.90. The van der Waals surface area contributed by atoms with Gasteiger partial charge in [0, 0.05) is 13.0 Å². The number of ether oxygens (including phenoxy) is 4. The van der Waals surface area contributed by atoms with E-state index in [1.165, 1.54) is 83.5 Å². The van der Waals surface area contributed by atoms with Gasteiger partial charge in [-0.05, 0) is 51.4 Å². The molecule has 1 aliphatic rings. The summed E-state index contributed by atoms with van der Waals surface area (Å²) in [6.07, 6.45) is 30.7. The summed E-state index contributed by atoms with van der Waals surface area (Å²) in [7, 11) is -5.05. The molecular formula is C43H78O12S. The summed E-state index contributed by atoms with van der Waals surface area (Å²) in [6, 6.07) is 0. The summed E-state index contributed by atoms with van der Waals surface area (Å²) in [5, 5.41) is 30.5. The Kier molecular flexibility index (Phi) is 33.0. The smallest absolute Gasteiger partial charge is 0.397 e. The molecule has 4 N–H and O–H groups in total. The highest BCUT2D eigenvalue weighted by molar-refractivity contribution is 7.80. The van der Waals surface area contributed by atoms with Crippen LogP contribution >= 0.6 is 0 Å². The molecule has 6 unspecified atom stereocenters. The average molecular weight is 819 g/mol. The van der Waals surface area contributed by atoms with Crippen molar-refractivity contribution in [2.45, 2.75) is 205 Å². The molecule has 1 aliphatic heterocycles. The van der Waals surface area contributed by atoms with Gasteiger partial charge in [0.25, 0.3) is 0 Å². The van der Waals surface area contributed by atoms with E-state index in [2.05, 4.69) is 54.5 Å². The van der Waals surface area contributed by atoms with Crippen LogP contribution in [-0.4, -0.2) is 97.5 Å². The topological polar surface area (TPSA) is 178 Å². The number of carbonyl (C=O) groups is 1. The molecule has 0 bridgehead atoms. The molecule has 0 radical (unpaired) electrons. The molecule has 1 heterocycles. The molecule has 328 valence electrons. The van der Waals surface area contributed by atoms with Gasteiger partial charge in [-0.1, -0.05) is 147 Å². The third-order valence-electron chi connectivity index (χ3n) is 9.77. The number of hydrogen-bond donors (Lipinski definition) is 4. The Morgan fingerprint density at radius 3 is 1.71 bits per heavy atom. The molecule has 56 heavy (non-hydrogen) atoms. The van der Waals surface area contributed by atoms with Gasteiger partial charge in [0.2, 0.25) is 0 Å². The minimum absolute atomic E-state index is 0.0323. The second kappa shape index (κ2) is 35.3. The number of aliphatic hydroxyl groups is 3. The number of rotatable bonds is 37. The molecule has 6 atom stereocenters. The van der Waals surface area contributed by atoms with Crippen molar-refractivity contribution in [2.75, 3.05) is 26.4 Å². The van der Waals surface area contributed by atoms with E-state index in [9.17, 15) is 28.5 Å². The highest BCUT2D eigenvalue weighted by Gasteiger charge is 2.48. The van der Waals surface area contributed by atoms with Crippen LogP contribution in [0, 0.1) is 0 Å². The summed E-state index contributed by atoms with van der Waals surface area (Å²) < 4.78 is 58.7. The summed E-state index contributed by atoms with van der Waals surface area (Å²) >= 11 is 0. The molecule has 13 heteroatoms. The summed E-state index contributed by atoms with van der Waals surface area (Å²) in [4.78, 5) is 12.8. The molecule has 0 aromatic rings. The first kappa shape index (κ1) is 52.3. The highest BCUT2D eigenvalue weighted by Crippen LogP contribution is 2.26. The van der Waals surface area contributed by atoms with Crippen molar-refractivity contribution in [1.82, 2.24) is 0 Å². The van der Waals surface area contributed by atoms with Gasteiger partial charge in [-0.3, -0.25) is 9.35 Å². The van der Waals surface area contributed by atoms with Crippen molar-refractivity contribution < 1.29 is 56.2 Å². The van der Waals surface area contributed by atoms with E-state index in [-0.39, 0.29) is 19.6 Å². The number of aliphatic hydroxyl groups excluding tert-OH is 3. The normalized spacial score (nSPS) is 21.1. The average Bonchev–Trinajstić information content (AvgIpc) is 3.17. The van der Waals surface area contributed by atoms with Crippen LogP contribution in [0.4, 0.5) is 0 Å². The first-order valence-corrected chi connectivity index (χ1v) is 23.1. The van der Waals surface area contributed by atoms with Crippen LogP contribution in [0.3, 0.4) is 0 Å². The minimum Gasteiger partial charge on any atom is -0.457 e. The second-order valence-corrected chi connectivity index (χ2v) is 16.0. The Morgan fingerprint density at radius 2 is 1.18 bits per heavy atom. The molecule has 0 amide bonds. The van der Waals surface area contributed by atoms with E-state index in [0.29, 0.717) is 13.0 Å². The third-order valence-corrected chi connectivity index (χ3v) is 10.2. The standard InChI is InChI=1S/C43H78O12S/c1-3-5-7-9-11-12-13-14-15-16-17-18-19-20-21-22-23-24-25-26-27-28-30-32-39(45)53-37(35-51-33-31-29-10-8-6-4-2)36-52-43-41(47)42(55-56(48,49)50)40(46)38(34-44)54-43/h13-14,16-17,19-20,37-38,40-44,46-47H,3-12,15,18,21-36H2,1-2H3,(H,48,49,50)/b14-13-,17-16-,20-19-. The van der Waals surface area contributed by atoms with Crippen molar-refractivity contribution in [2.24, 2.45) is 0 Å². The quantitative estimate of drug-likeness (QED) is 0.0203. The lowest BCUT2D eigenvalue weighted by Crippen LogP contribution is -2.60. The third kappa shape index (κ3) is 28.7. The molecule has 1 saturated heterocycles. The SMILES string of the molecule is CCCCCCC/C=C\C/C=C\C/C=C\CCCCCCCCCCC(=O)OC(COCCCCCCCC)COC1OC(CO)C(O)C(OS(=O)(=O)O)C1O. The fourth-order valence-corrected chi connectivity index (χ4v) is 6.95. The Labute approximate surface area is 339 Å². The predicted octanol–water partition coefficient (Wildman–Crippen LogP) is 8.63.